The highest BCUT2D eigenvalue weighted by atomic mass is 32.2. The maximum absolute atomic E-state index is 12.4. The number of hydrogen-bond donors (Lipinski definition) is 1. The van der Waals surface area contributed by atoms with E-state index >= 15 is 0 Å². The van der Waals surface area contributed by atoms with E-state index in [0.29, 0.717) is 6.54 Å². The first-order chi connectivity index (χ1) is 12.1. The zero-order chi connectivity index (χ0) is 17.8. The van der Waals surface area contributed by atoms with Gasteiger partial charge in [0.15, 0.2) is 0 Å². The molecular weight excluding hydrogens is 330 g/mol. The molecule has 0 radical (unpaired) electrons. The van der Waals surface area contributed by atoms with Gasteiger partial charge >= 0.3 is 0 Å². The monoisotopic (exact) mass is 353 g/mol. The fourth-order valence-electron chi connectivity index (χ4n) is 2.80. The first-order valence-electron chi connectivity index (χ1n) is 8.53. The number of benzene rings is 2. The lowest BCUT2D eigenvalue weighted by molar-refractivity contribution is -0.120. The van der Waals surface area contributed by atoms with Crippen molar-refractivity contribution in [2.24, 2.45) is 0 Å². The maximum atomic E-state index is 12.4. The molecule has 0 spiro atoms. The van der Waals surface area contributed by atoms with Crippen LogP contribution < -0.4 is 5.32 Å². The van der Waals surface area contributed by atoms with Gasteiger partial charge in [-0.3, -0.25) is 4.79 Å². The Balaban J connectivity index is 1.64. The van der Waals surface area contributed by atoms with Crippen LogP contribution in [-0.2, 0) is 17.9 Å². The Bertz CT molecular complexity index is 870. The standard InChI is InChI=1S/C20H23N3OS/c1-4-23-18-8-6-5-7-17(18)22-19(23)13-21-20(24)15(3)25-16-11-9-14(2)10-12-16/h5-12,15H,4,13H2,1-3H3,(H,21,24). The molecule has 0 aliphatic carbocycles. The Labute approximate surface area is 152 Å². The molecule has 0 aliphatic rings. The number of hydrogen-bond acceptors (Lipinski definition) is 3. The van der Waals surface area contributed by atoms with Crippen molar-refractivity contribution in [3.63, 3.8) is 0 Å². The molecule has 0 fully saturated rings. The molecule has 1 amide bonds. The van der Waals surface area contributed by atoms with Crippen molar-refractivity contribution in [1.82, 2.24) is 14.9 Å². The average Bonchev–Trinajstić information content (AvgIpc) is 2.99. The van der Waals surface area contributed by atoms with Crippen molar-refractivity contribution in [1.29, 1.82) is 0 Å². The quantitative estimate of drug-likeness (QED) is 0.677. The van der Waals surface area contributed by atoms with Crippen LogP contribution in [0.1, 0.15) is 25.2 Å². The Hall–Kier alpha value is -2.27. The summed E-state index contributed by atoms with van der Waals surface area (Å²) in [5, 5.41) is 2.87. The molecule has 0 saturated carbocycles. The number of aryl methyl sites for hydroxylation is 2. The van der Waals surface area contributed by atoms with Gasteiger partial charge in [0, 0.05) is 11.4 Å². The number of para-hydroxylation sites is 2. The van der Waals surface area contributed by atoms with Crippen LogP contribution in [-0.4, -0.2) is 20.7 Å². The summed E-state index contributed by atoms with van der Waals surface area (Å²) >= 11 is 1.57. The fraction of sp³-hybridized carbons (Fsp3) is 0.300. The highest BCUT2D eigenvalue weighted by Crippen LogP contribution is 2.23. The van der Waals surface area contributed by atoms with Crippen molar-refractivity contribution in [2.75, 3.05) is 0 Å². The SMILES string of the molecule is CCn1c(CNC(=O)C(C)Sc2ccc(C)cc2)nc2ccccc21. The van der Waals surface area contributed by atoms with Crippen LogP contribution >= 0.6 is 11.8 Å². The third kappa shape index (κ3) is 4.04. The van der Waals surface area contributed by atoms with Crippen LogP contribution in [0.4, 0.5) is 0 Å². The van der Waals surface area contributed by atoms with Gasteiger partial charge in [0.1, 0.15) is 5.82 Å². The van der Waals surface area contributed by atoms with Gasteiger partial charge in [-0.05, 0) is 45.0 Å². The number of aromatic nitrogens is 2. The Morgan fingerprint density at radius 3 is 2.64 bits per heavy atom. The van der Waals surface area contributed by atoms with Gasteiger partial charge in [-0.25, -0.2) is 4.98 Å². The summed E-state index contributed by atoms with van der Waals surface area (Å²) in [4.78, 5) is 18.2. The molecule has 0 bridgehead atoms. The van der Waals surface area contributed by atoms with Gasteiger partial charge in [-0.15, -0.1) is 11.8 Å². The van der Waals surface area contributed by atoms with Crippen molar-refractivity contribution < 1.29 is 4.79 Å². The molecular formula is C20H23N3OS. The smallest absolute Gasteiger partial charge is 0.233 e. The number of nitrogens with zero attached hydrogens (tertiary/aromatic N) is 2. The Kier molecular flexibility index (Phi) is 5.43. The number of carbonyl (C=O) groups excluding carboxylic acids is 1. The van der Waals surface area contributed by atoms with Crippen molar-refractivity contribution in [3.8, 4) is 0 Å². The molecule has 2 aromatic carbocycles. The summed E-state index contributed by atoms with van der Waals surface area (Å²) in [6.45, 7) is 7.36. The van der Waals surface area contributed by atoms with Crippen LogP contribution in [0.5, 0.6) is 0 Å². The molecule has 5 heteroatoms. The Morgan fingerprint density at radius 1 is 1.20 bits per heavy atom. The minimum Gasteiger partial charge on any atom is -0.348 e. The molecule has 0 aliphatic heterocycles. The summed E-state index contributed by atoms with van der Waals surface area (Å²) in [5.74, 6) is 0.921. The summed E-state index contributed by atoms with van der Waals surface area (Å²) < 4.78 is 2.15. The molecule has 1 atom stereocenters. The number of fused-ring (bicyclic) bond motifs is 1. The lowest BCUT2D eigenvalue weighted by Gasteiger charge is -2.13. The van der Waals surface area contributed by atoms with E-state index in [2.05, 4.69) is 59.0 Å². The van der Waals surface area contributed by atoms with E-state index in [1.165, 1.54) is 5.56 Å². The summed E-state index contributed by atoms with van der Waals surface area (Å²) in [7, 11) is 0. The fourth-order valence-corrected chi connectivity index (χ4v) is 3.69. The zero-order valence-corrected chi connectivity index (χ0v) is 15.6. The average molecular weight is 353 g/mol. The van der Waals surface area contributed by atoms with Crippen LogP contribution in [0, 0.1) is 6.92 Å². The molecule has 1 heterocycles. The van der Waals surface area contributed by atoms with Crippen molar-refractivity contribution >= 4 is 28.7 Å². The molecule has 0 saturated heterocycles. The normalized spacial score (nSPS) is 12.3. The van der Waals surface area contributed by atoms with Crippen molar-refractivity contribution in [3.05, 3.63) is 59.9 Å². The molecule has 1 unspecified atom stereocenters. The van der Waals surface area contributed by atoms with Crippen LogP contribution in [0.15, 0.2) is 53.4 Å². The van der Waals surface area contributed by atoms with E-state index in [1.54, 1.807) is 11.8 Å². The summed E-state index contributed by atoms with van der Waals surface area (Å²) in [6, 6.07) is 16.3. The minimum absolute atomic E-state index is 0.0280. The first-order valence-corrected chi connectivity index (χ1v) is 9.41. The lowest BCUT2D eigenvalue weighted by atomic mass is 10.2. The highest BCUT2D eigenvalue weighted by molar-refractivity contribution is 8.00. The second-order valence-corrected chi connectivity index (χ2v) is 7.47. The molecule has 130 valence electrons. The lowest BCUT2D eigenvalue weighted by Crippen LogP contribution is -2.31. The van der Waals surface area contributed by atoms with E-state index in [-0.39, 0.29) is 11.2 Å². The largest absolute Gasteiger partial charge is 0.348 e. The number of carbonyl (C=O) groups is 1. The number of imidazole rings is 1. The van der Waals surface area contributed by atoms with Gasteiger partial charge in [-0.2, -0.15) is 0 Å². The summed E-state index contributed by atoms with van der Waals surface area (Å²) in [5.41, 5.74) is 3.30. The number of amides is 1. The Morgan fingerprint density at radius 2 is 1.92 bits per heavy atom. The third-order valence-corrected chi connectivity index (χ3v) is 5.29. The topological polar surface area (TPSA) is 46.9 Å². The second-order valence-electron chi connectivity index (χ2n) is 6.05. The van der Waals surface area contributed by atoms with Gasteiger partial charge in [0.2, 0.25) is 5.91 Å². The second kappa shape index (κ2) is 7.74. The van der Waals surface area contributed by atoms with Gasteiger partial charge in [-0.1, -0.05) is 29.8 Å². The highest BCUT2D eigenvalue weighted by Gasteiger charge is 2.16. The van der Waals surface area contributed by atoms with Crippen LogP contribution in [0.25, 0.3) is 11.0 Å². The van der Waals surface area contributed by atoms with E-state index in [0.717, 1.165) is 28.3 Å². The van der Waals surface area contributed by atoms with E-state index in [9.17, 15) is 4.79 Å². The number of rotatable bonds is 6. The molecule has 3 aromatic rings. The van der Waals surface area contributed by atoms with Gasteiger partial charge in [0.05, 0.1) is 22.8 Å². The van der Waals surface area contributed by atoms with E-state index < -0.39 is 0 Å². The molecule has 1 N–H and O–H groups in total. The van der Waals surface area contributed by atoms with Gasteiger partial charge < -0.3 is 9.88 Å². The van der Waals surface area contributed by atoms with E-state index in [4.69, 9.17) is 0 Å². The first kappa shape index (κ1) is 17.5. The molecule has 1 aromatic heterocycles. The van der Waals surface area contributed by atoms with Crippen molar-refractivity contribution in [2.45, 2.75) is 44.0 Å². The van der Waals surface area contributed by atoms with E-state index in [1.807, 2.05) is 25.1 Å². The number of thioether (sulfide) groups is 1. The predicted molar refractivity (Wildman–Crippen MR) is 104 cm³/mol. The number of nitrogens with one attached hydrogen (secondary N) is 1. The summed E-state index contributed by atoms with van der Waals surface area (Å²) in [6.07, 6.45) is 0. The third-order valence-electron chi connectivity index (χ3n) is 4.17. The van der Waals surface area contributed by atoms with Crippen LogP contribution in [0.3, 0.4) is 0 Å². The zero-order valence-electron chi connectivity index (χ0n) is 14.8. The molecule has 4 nitrogen and oxygen atoms in total. The maximum Gasteiger partial charge on any atom is 0.233 e. The van der Waals surface area contributed by atoms with Gasteiger partial charge in [0.25, 0.3) is 0 Å². The minimum atomic E-state index is -0.151. The van der Waals surface area contributed by atoms with Crippen LogP contribution in [0.2, 0.25) is 0 Å². The predicted octanol–water partition coefficient (Wildman–Crippen LogP) is 4.16. The molecule has 3 rings (SSSR count). The molecule has 25 heavy (non-hydrogen) atoms.